The van der Waals surface area contributed by atoms with Gasteiger partial charge >= 0.3 is 0 Å². The smallest absolute Gasteiger partial charge is 0.269 e. The summed E-state index contributed by atoms with van der Waals surface area (Å²) >= 11 is 0. The van der Waals surface area contributed by atoms with Gasteiger partial charge in [0.15, 0.2) is 5.79 Å². The van der Waals surface area contributed by atoms with Crippen LogP contribution in [0.1, 0.15) is 42.6 Å². The quantitative estimate of drug-likeness (QED) is 0.915. The molecule has 1 amide bonds. The highest BCUT2D eigenvalue weighted by atomic mass is 16.7. The molecule has 0 aromatic carbocycles. The van der Waals surface area contributed by atoms with E-state index in [4.69, 9.17) is 9.47 Å². The van der Waals surface area contributed by atoms with E-state index in [0.29, 0.717) is 18.8 Å². The maximum Gasteiger partial charge on any atom is 0.269 e. The minimum atomic E-state index is -0.376. The summed E-state index contributed by atoms with van der Waals surface area (Å²) in [6.07, 6.45) is 7.08. The molecule has 1 spiro atoms. The van der Waals surface area contributed by atoms with Gasteiger partial charge in [-0.15, -0.1) is 0 Å². The third-order valence-corrected chi connectivity index (χ3v) is 3.92. The summed E-state index contributed by atoms with van der Waals surface area (Å²) in [6.45, 7) is 1.03. The lowest BCUT2D eigenvalue weighted by atomic mass is 9.94. The molecule has 0 radical (unpaired) electrons. The van der Waals surface area contributed by atoms with Crippen LogP contribution in [0.25, 0.3) is 0 Å². The zero-order valence-electron chi connectivity index (χ0n) is 11.5. The van der Waals surface area contributed by atoms with Crippen LogP contribution in [-0.2, 0) is 9.47 Å². The Morgan fingerprint density at radius 1 is 1.35 bits per heavy atom. The molecule has 108 valence electrons. The predicted molar refractivity (Wildman–Crippen MR) is 73.2 cm³/mol. The van der Waals surface area contributed by atoms with Crippen molar-refractivity contribution in [3.05, 3.63) is 30.1 Å². The van der Waals surface area contributed by atoms with Gasteiger partial charge in [0.25, 0.3) is 5.91 Å². The fourth-order valence-electron chi connectivity index (χ4n) is 2.86. The molecule has 1 aromatic heterocycles. The molecule has 1 saturated heterocycles. The first-order chi connectivity index (χ1) is 9.77. The normalized spacial score (nSPS) is 24.7. The Hall–Kier alpha value is -1.46. The van der Waals surface area contributed by atoms with Gasteiger partial charge in [-0.1, -0.05) is 12.5 Å². The van der Waals surface area contributed by atoms with Crippen molar-refractivity contribution in [1.29, 1.82) is 0 Å². The van der Waals surface area contributed by atoms with Crippen LogP contribution in [-0.4, -0.2) is 35.9 Å². The summed E-state index contributed by atoms with van der Waals surface area (Å²) < 4.78 is 11.9. The second-order valence-electron chi connectivity index (χ2n) is 5.45. The van der Waals surface area contributed by atoms with Crippen LogP contribution in [0, 0.1) is 0 Å². The minimum Gasteiger partial charge on any atom is -0.348 e. The lowest BCUT2D eigenvalue weighted by Gasteiger charge is -2.31. The monoisotopic (exact) mass is 276 g/mol. The predicted octanol–water partition coefficient (Wildman–Crippen LogP) is 1.89. The number of nitrogens with one attached hydrogen (secondary N) is 1. The molecule has 1 aromatic rings. The summed E-state index contributed by atoms with van der Waals surface area (Å²) in [5.74, 6) is -0.544. The van der Waals surface area contributed by atoms with Crippen molar-refractivity contribution in [3.63, 3.8) is 0 Å². The van der Waals surface area contributed by atoms with Gasteiger partial charge in [-0.25, -0.2) is 0 Å². The minimum absolute atomic E-state index is 0.0548. The zero-order chi connectivity index (χ0) is 13.8. The molecule has 0 bridgehead atoms. The van der Waals surface area contributed by atoms with E-state index in [0.717, 1.165) is 25.7 Å². The van der Waals surface area contributed by atoms with Crippen LogP contribution in [0.15, 0.2) is 24.4 Å². The van der Waals surface area contributed by atoms with Crippen LogP contribution >= 0.6 is 0 Å². The highest BCUT2D eigenvalue weighted by Crippen LogP contribution is 2.37. The molecule has 1 aliphatic heterocycles. The largest absolute Gasteiger partial charge is 0.348 e. The van der Waals surface area contributed by atoms with Gasteiger partial charge in [-0.3, -0.25) is 9.78 Å². The number of amides is 1. The summed E-state index contributed by atoms with van der Waals surface area (Å²) in [5.41, 5.74) is 0.429. The Balaban J connectivity index is 1.49. The first kappa shape index (κ1) is 13.5. The number of rotatable bonds is 3. The van der Waals surface area contributed by atoms with Gasteiger partial charge in [0.2, 0.25) is 0 Å². The molecule has 1 N–H and O–H groups in total. The molecule has 2 fully saturated rings. The van der Waals surface area contributed by atoms with E-state index in [1.165, 1.54) is 6.42 Å². The topological polar surface area (TPSA) is 60.5 Å². The van der Waals surface area contributed by atoms with Crippen LogP contribution < -0.4 is 5.32 Å². The van der Waals surface area contributed by atoms with E-state index in [9.17, 15) is 4.79 Å². The van der Waals surface area contributed by atoms with Gasteiger partial charge in [-0.2, -0.15) is 0 Å². The number of ether oxygens (including phenoxy) is 2. The van der Waals surface area contributed by atoms with Gasteiger partial charge in [0.1, 0.15) is 11.8 Å². The molecule has 0 unspecified atom stereocenters. The van der Waals surface area contributed by atoms with Crippen LogP contribution in [0.2, 0.25) is 0 Å². The SMILES string of the molecule is O=C(NC[C@H]1COC2(CCCCC2)O1)c1ccccn1. The van der Waals surface area contributed by atoms with E-state index in [2.05, 4.69) is 10.3 Å². The molecule has 20 heavy (non-hydrogen) atoms. The number of hydrogen-bond donors (Lipinski definition) is 1. The maximum absolute atomic E-state index is 11.9. The van der Waals surface area contributed by atoms with Crippen molar-refractivity contribution >= 4 is 5.91 Å². The molecule has 3 rings (SSSR count). The number of hydrogen-bond acceptors (Lipinski definition) is 4. The third kappa shape index (κ3) is 2.99. The molecule has 1 aliphatic carbocycles. The van der Waals surface area contributed by atoms with Crippen molar-refractivity contribution in [2.75, 3.05) is 13.2 Å². The third-order valence-electron chi connectivity index (χ3n) is 3.92. The van der Waals surface area contributed by atoms with Crippen LogP contribution in [0.3, 0.4) is 0 Å². The van der Waals surface area contributed by atoms with Gasteiger partial charge < -0.3 is 14.8 Å². The maximum atomic E-state index is 11.9. The second kappa shape index (κ2) is 5.89. The fraction of sp³-hybridized carbons (Fsp3) is 0.600. The average Bonchev–Trinajstić information content (AvgIpc) is 2.89. The van der Waals surface area contributed by atoms with Crippen molar-refractivity contribution in [3.8, 4) is 0 Å². The number of carbonyl (C=O) groups is 1. The molecule has 1 atom stereocenters. The Labute approximate surface area is 118 Å². The van der Waals surface area contributed by atoms with Crippen LogP contribution in [0.4, 0.5) is 0 Å². The van der Waals surface area contributed by atoms with Gasteiger partial charge in [-0.05, 0) is 25.0 Å². The summed E-state index contributed by atoms with van der Waals surface area (Å²) in [6, 6.07) is 5.29. The van der Waals surface area contributed by atoms with E-state index < -0.39 is 0 Å². The molecule has 5 heteroatoms. The average molecular weight is 276 g/mol. The second-order valence-corrected chi connectivity index (χ2v) is 5.45. The summed E-state index contributed by atoms with van der Waals surface area (Å²) in [5, 5.41) is 2.86. The lowest BCUT2D eigenvalue weighted by Crippen LogP contribution is -2.37. The Kier molecular flexibility index (Phi) is 3.98. The Morgan fingerprint density at radius 2 is 2.20 bits per heavy atom. The highest BCUT2D eigenvalue weighted by Gasteiger charge is 2.42. The Morgan fingerprint density at radius 3 is 2.95 bits per heavy atom. The fourth-order valence-corrected chi connectivity index (χ4v) is 2.86. The highest BCUT2D eigenvalue weighted by molar-refractivity contribution is 5.92. The molecular formula is C15H20N2O3. The van der Waals surface area contributed by atoms with E-state index in [-0.39, 0.29) is 17.8 Å². The van der Waals surface area contributed by atoms with Crippen LogP contribution in [0.5, 0.6) is 0 Å². The number of aromatic nitrogens is 1. The van der Waals surface area contributed by atoms with Crippen molar-refractivity contribution in [2.45, 2.75) is 44.0 Å². The molecule has 1 saturated carbocycles. The number of nitrogens with zero attached hydrogens (tertiary/aromatic N) is 1. The standard InChI is InChI=1S/C15H20N2O3/c18-14(13-6-2-5-9-16-13)17-10-12-11-19-15(20-12)7-3-1-4-8-15/h2,5-6,9,12H,1,3-4,7-8,10-11H2,(H,17,18)/t12-/m0/s1. The molecule has 2 heterocycles. The first-order valence-corrected chi connectivity index (χ1v) is 7.28. The van der Waals surface area contributed by atoms with E-state index in [1.807, 2.05) is 0 Å². The Bertz CT molecular complexity index is 457. The first-order valence-electron chi connectivity index (χ1n) is 7.28. The van der Waals surface area contributed by atoms with Crippen molar-refractivity contribution in [2.24, 2.45) is 0 Å². The van der Waals surface area contributed by atoms with E-state index in [1.54, 1.807) is 24.4 Å². The van der Waals surface area contributed by atoms with E-state index >= 15 is 0 Å². The zero-order valence-corrected chi connectivity index (χ0v) is 11.5. The molecule has 2 aliphatic rings. The molecule has 5 nitrogen and oxygen atoms in total. The number of pyridine rings is 1. The van der Waals surface area contributed by atoms with Gasteiger partial charge in [0, 0.05) is 25.6 Å². The summed E-state index contributed by atoms with van der Waals surface area (Å²) in [7, 11) is 0. The molecular weight excluding hydrogens is 256 g/mol. The van der Waals surface area contributed by atoms with Crippen molar-refractivity contribution < 1.29 is 14.3 Å². The lowest BCUT2D eigenvalue weighted by molar-refractivity contribution is -0.186. The van der Waals surface area contributed by atoms with Crippen molar-refractivity contribution in [1.82, 2.24) is 10.3 Å². The number of carbonyl (C=O) groups excluding carboxylic acids is 1. The summed E-state index contributed by atoms with van der Waals surface area (Å²) in [4.78, 5) is 15.9. The van der Waals surface area contributed by atoms with Gasteiger partial charge in [0.05, 0.1) is 6.61 Å².